The summed E-state index contributed by atoms with van der Waals surface area (Å²) < 4.78 is 0. The fraction of sp³-hybridized carbons (Fsp3) is 0.769. The SMILES string of the molecule is ClC1=CN=C(CN(C2CCNCC2)C2CC2)CN1. The normalized spacial score (nSPS) is 25.7. The van der Waals surface area contributed by atoms with Crippen molar-refractivity contribution in [3.8, 4) is 0 Å². The second kappa shape index (κ2) is 5.59. The van der Waals surface area contributed by atoms with Crippen molar-refractivity contribution in [1.29, 1.82) is 0 Å². The highest BCUT2D eigenvalue weighted by atomic mass is 35.5. The minimum Gasteiger partial charge on any atom is -0.369 e. The Bertz CT molecular complexity index is 356. The van der Waals surface area contributed by atoms with Crippen LogP contribution in [0.4, 0.5) is 0 Å². The van der Waals surface area contributed by atoms with Crippen LogP contribution in [0.15, 0.2) is 16.3 Å². The van der Waals surface area contributed by atoms with Gasteiger partial charge in [0.15, 0.2) is 0 Å². The van der Waals surface area contributed by atoms with Crippen LogP contribution in [0.1, 0.15) is 25.7 Å². The molecular weight excluding hydrogens is 248 g/mol. The highest BCUT2D eigenvalue weighted by Crippen LogP contribution is 2.30. The maximum absolute atomic E-state index is 5.86. The molecular formula is C13H21ClN4. The minimum absolute atomic E-state index is 0.651. The maximum Gasteiger partial charge on any atom is 0.121 e. The highest BCUT2D eigenvalue weighted by molar-refractivity contribution is 6.29. The van der Waals surface area contributed by atoms with Crippen LogP contribution < -0.4 is 10.6 Å². The number of nitrogens with zero attached hydrogens (tertiary/aromatic N) is 2. The van der Waals surface area contributed by atoms with Crippen molar-refractivity contribution < 1.29 is 0 Å². The van der Waals surface area contributed by atoms with E-state index < -0.39 is 0 Å². The van der Waals surface area contributed by atoms with Crippen LogP contribution in [0, 0.1) is 0 Å². The summed E-state index contributed by atoms with van der Waals surface area (Å²) in [6.45, 7) is 4.11. The van der Waals surface area contributed by atoms with Gasteiger partial charge in [-0.1, -0.05) is 11.6 Å². The summed E-state index contributed by atoms with van der Waals surface area (Å²) in [7, 11) is 0. The van der Waals surface area contributed by atoms with Gasteiger partial charge in [0.2, 0.25) is 0 Å². The van der Waals surface area contributed by atoms with E-state index in [1.54, 1.807) is 6.20 Å². The molecule has 2 fully saturated rings. The molecule has 0 aromatic heterocycles. The predicted molar refractivity (Wildman–Crippen MR) is 75.0 cm³/mol. The first-order valence-electron chi connectivity index (χ1n) is 6.94. The zero-order valence-electron chi connectivity index (χ0n) is 10.7. The van der Waals surface area contributed by atoms with Gasteiger partial charge < -0.3 is 10.6 Å². The first-order chi connectivity index (χ1) is 8.83. The van der Waals surface area contributed by atoms with Crippen molar-refractivity contribution in [3.63, 3.8) is 0 Å². The summed E-state index contributed by atoms with van der Waals surface area (Å²) >= 11 is 5.86. The topological polar surface area (TPSA) is 39.7 Å². The third-order valence-electron chi connectivity index (χ3n) is 3.98. The molecule has 0 spiro atoms. The Morgan fingerprint density at radius 1 is 1.22 bits per heavy atom. The fourth-order valence-corrected chi connectivity index (χ4v) is 2.95. The lowest BCUT2D eigenvalue weighted by Crippen LogP contribution is -2.47. The van der Waals surface area contributed by atoms with Gasteiger partial charge in [0.05, 0.1) is 18.5 Å². The van der Waals surface area contributed by atoms with Crippen LogP contribution in [-0.2, 0) is 0 Å². The standard InChI is InChI=1S/C13H21ClN4/c14-13-8-16-10(7-17-13)9-18(11-1-2-11)12-3-5-15-6-4-12/h8,11-12,15,17H,1-7,9H2. The first-order valence-corrected chi connectivity index (χ1v) is 7.32. The summed E-state index contributed by atoms with van der Waals surface area (Å²) in [5.74, 6) is 0. The van der Waals surface area contributed by atoms with Crippen LogP contribution in [-0.4, -0.2) is 48.9 Å². The summed E-state index contributed by atoms with van der Waals surface area (Å²) in [5.41, 5.74) is 1.21. The van der Waals surface area contributed by atoms with Gasteiger partial charge in [-0.25, -0.2) is 0 Å². The molecule has 100 valence electrons. The smallest absolute Gasteiger partial charge is 0.121 e. The van der Waals surface area contributed by atoms with Crippen molar-refractivity contribution in [2.45, 2.75) is 37.8 Å². The van der Waals surface area contributed by atoms with E-state index in [-0.39, 0.29) is 0 Å². The average molecular weight is 269 g/mol. The summed E-state index contributed by atoms with van der Waals surface area (Å²) in [4.78, 5) is 7.13. The molecule has 2 N–H and O–H groups in total. The third kappa shape index (κ3) is 3.05. The van der Waals surface area contributed by atoms with Gasteiger partial charge in [0, 0.05) is 18.6 Å². The zero-order valence-corrected chi connectivity index (χ0v) is 11.4. The van der Waals surface area contributed by atoms with Crippen LogP contribution >= 0.6 is 11.6 Å². The first kappa shape index (κ1) is 12.5. The van der Waals surface area contributed by atoms with Gasteiger partial charge in [0.25, 0.3) is 0 Å². The molecule has 18 heavy (non-hydrogen) atoms. The number of piperidine rings is 1. The Morgan fingerprint density at radius 3 is 2.56 bits per heavy atom. The van der Waals surface area contributed by atoms with Crippen molar-refractivity contribution in [1.82, 2.24) is 15.5 Å². The van der Waals surface area contributed by atoms with Crippen molar-refractivity contribution in [3.05, 3.63) is 11.4 Å². The Balaban J connectivity index is 1.63. The molecule has 1 saturated heterocycles. The molecule has 0 unspecified atom stereocenters. The van der Waals surface area contributed by atoms with E-state index in [1.807, 2.05) is 0 Å². The van der Waals surface area contributed by atoms with Gasteiger partial charge in [-0.15, -0.1) is 0 Å². The van der Waals surface area contributed by atoms with Crippen LogP contribution in [0.25, 0.3) is 0 Å². The van der Waals surface area contributed by atoms with Crippen LogP contribution in [0.3, 0.4) is 0 Å². The Hall–Kier alpha value is -0.580. The molecule has 0 atom stereocenters. The van der Waals surface area contributed by atoms with Crippen molar-refractivity contribution in [2.75, 3.05) is 26.2 Å². The fourth-order valence-electron chi connectivity index (χ4n) is 2.83. The molecule has 0 bridgehead atoms. The van der Waals surface area contributed by atoms with Crippen molar-refractivity contribution >= 4 is 17.3 Å². The molecule has 0 radical (unpaired) electrons. The molecule has 0 amide bonds. The second-order valence-corrected chi connectivity index (χ2v) is 5.82. The molecule has 2 aliphatic heterocycles. The third-order valence-corrected chi connectivity index (χ3v) is 4.21. The largest absolute Gasteiger partial charge is 0.369 e. The molecule has 3 aliphatic rings. The number of hydrogen-bond acceptors (Lipinski definition) is 4. The number of hydrogen-bond donors (Lipinski definition) is 2. The lowest BCUT2D eigenvalue weighted by atomic mass is 10.0. The number of halogens is 1. The van der Waals surface area contributed by atoms with Crippen LogP contribution in [0.2, 0.25) is 0 Å². The maximum atomic E-state index is 5.86. The molecule has 5 heteroatoms. The number of rotatable bonds is 4. The molecule has 2 heterocycles. The number of nitrogens with one attached hydrogen (secondary N) is 2. The monoisotopic (exact) mass is 268 g/mol. The summed E-state index contributed by atoms with van der Waals surface area (Å²) in [6.07, 6.45) is 7.00. The van der Waals surface area contributed by atoms with E-state index in [4.69, 9.17) is 11.6 Å². The van der Waals surface area contributed by atoms with E-state index in [0.29, 0.717) is 5.16 Å². The van der Waals surface area contributed by atoms with Gasteiger partial charge in [-0.3, -0.25) is 9.89 Å². The Morgan fingerprint density at radius 2 is 1.94 bits per heavy atom. The second-order valence-electron chi connectivity index (χ2n) is 5.41. The van der Waals surface area contributed by atoms with Crippen molar-refractivity contribution in [2.24, 2.45) is 4.99 Å². The Labute approximate surface area is 113 Å². The lowest BCUT2D eigenvalue weighted by Gasteiger charge is -2.35. The summed E-state index contributed by atoms with van der Waals surface area (Å²) in [5, 5.41) is 7.25. The molecule has 4 nitrogen and oxygen atoms in total. The Kier molecular flexibility index (Phi) is 3.87. The highest BCUT2D eigenvalue weighted by Gasteiger charge is 2.35. The zero-order chi connectivity index (χ0) is 12.4. The van der Waals surface area contributed by atoms with Gasteiger partial charge in [0.1, 0.15) is 5.16 Å². The van der Waals surface area contributed by atoms with Gasteiger partial charge >= 0.3 is 0 Å². The molecule has 1 aliphatic carbocycles. The number of aliphatic imine (C=N–C) groups is 1. The molecule has 3 rings (SSSR count). The van der Waals surface area contributed by atoms with Gasteiger partial charge in [-0.2, -0.15) is 0 Å². The molecule has 0 aromatic rings. The molecule has 1 saturated carbocycles. The molecule has 0 aromatic carbocycles. The van der Waals surface area contributed by atoms with E-state index in [2.05, 4.69) is 20.5 Å². The van der Waals surface area contributed by atoms with E-state index >= 15 is 0 Å². The summed E-state index contributed by atoms with van der Waals surface area (Å²) in [6, 6.07) is 1.54. The van der Waals surface area contributed by atoms with Crippen LogP contribution in [0.5, 0.6) is 0 Å². The predicted octanol–water partition coefficient (Wildman–Crippen LogP) is 1.28. The quantitative estimate of drug-likeness (QED) is 0.755. The average Bonchev–Trinajstić information content (AvgIpc) is 3.23. The lowest BCUT2D eigenvalue weighted by molar-refractivity contribution is 0.175. The van der Waals surface area contributed by atoms with E-state index in [0.717, 1.165) is 38.3 Å². The minimum atomic E-state index is 0.651. The van der Waals surface area contributed by atoms with E-state index in [1.165, 1.54) is 31.4 Å². The van der Waals surface area contributed by atoms with E-state index in [9.17, 15) is 0 Å². The van der Waals surface area contributed by atoms with Gasteiger partial charge in [-0.05, 0) is 38.8 Å².